The van der Waals surface area contributed by atoms with Crippen molar-refractivity contribution in [2.24, 2.45) is 23.7 Å². The lowest BCUT2D eigenvalue weighted by atomic mass is 9.61. The molecule has 1 saturated heterocycles. The first-order valence-corrected chi connectivity index (χ1v) is 6.83. The Morgan fingerprint density at radius 3 is 2.60 bits per heavy atom. The van der Waals surface area contributed by atoms with Crippen LogP contribution in [-0.2, 0) is 9.53 Å². The second kappa shape index (κ2) is 3.55. The first-order chi connectivity index (χ1) is 7.29. The highest BCUT2D eigenvalue weighted by atomic mass is 32.2. The Morgan fingerprint density at radius 1 is 1.40 bits per heavy atom. The van der Waals surface area contributed by atoms with E-state index in [0.29, 0.717) is 11.8 Å². The van der Waals surface area contributed by atoms with Crippen molar-refractivity contribution in [1.82, 2.24) is 0 Å². The Labute approximate surface area is 94.4 Å². The average molecular weight is 224 g/mol. The molecule has 2 fully saturated rings. The largest absolute Gasteiger partial charge is 0.466 e. The van der Waals surface area contributed by atoms with Crippen LogP contribution in [0, 0.1) is 23.7 Å². The molecule has 4 atom stereocenters. The number of rotatable bonds is 1. The van der Waals surface area contributed by atoms with E-state index in [-0.39, 0.29) is 5.97 Å². The van der Waals surface area contributed by atoms with E-state index in [2.05, 4.69) is 17.8 Å². The van der Waals surface area contributed by atoms with E-state index in [9.17, 15) is 4.79 Å². The summed E-state index contributed by atoms with van der Waals surface area (Å²) in [6.45, 7) is 0. The summed E-state index contributed by atoms with van der Waals surface area (Å²) < 4.78 is 4.85. The lowest BCUT2D eigenvalue weighted by molar-refractivity contribution is -0.137. The molecule has 0 aromatic heterocycles. The molecule has 3 heteroatoms. The van der Waals surface area contributed by atoms with Gasteiger partial charge in [0, 0.05) is 5.57 Å². The summed E-state index contributed by atoms with van der Waals surface area (Å²) in [6, 6.07) is 0. The number of hydrogen-bond acceptors (Lipinski definition) is 3. The monoisotopic (exact) mass is 224 g/mol. The lowest BCUT2D eigenvalue weighted by Crippen LogP contribution is -2.43. The predicted molar refractivity (Wildman–Crippen MR) is 60.6 cm³/mol. The van der Waals surface area contributed by atoms with Crippen LogP contribution in [0.5, 0.6) is 0 Å². The third-order valence-corrected chi connectivity index (χ3v) is 5.49. The molecule has 0 aromatic rings. The van der Waals surface area contributed by atoms with Gasteiger partial charge in [-0.05, 0) is 48.0 Å². The minimum Gasteiger partial charge on any atom is -0.466 e. The third kappa shape index (κ3) is 1.43. The number of esters is 1. The van der Waals surface area contributed by atoms with Crippen LogP contribution < -0.4 is 0 Å². The lowest BCUT2D eigenvalue weighted by Gasteiger charge is -2.48. The van der Waals surface area contributed by atoms with Gasteiger partial charge >= 0.3 is 5.97 Å². The Hall–Kier alpha value is -0.440. The Balaban J connectivity index is 1.90. The highest BCUT2D eigenvalue weighted by Gasteiger charge is 2.46. The smallest absolute Gasteiger partial charge is 0.333 e. The molecule has 0 spiro atoms. The number of thioether (sulfide) groups is 1. The molecule has 1 saturated carbocycles. The van der Waals surface area contributed by atoms with Crippen molar-refractivity contribution in [2.45, 2.75) is 12.8 Å². The molecule has 4 aliphatic rings. The quantitative estimate of drug-likeness (QED) is 0.638. The number of ether oxygens (including phenoxy) is 1. The molecule has 15 heavy (non-hydrogen) atoms. The molecule has 4 rings (SSSR count). The van der Waals surface area contributed by atoms with E-state index in [1.807, 2.05) is 0 Å². The van der Waals surface area contributed by atoms with E-state index < -0.39 is 0 Å². The summed E-state index contributed by atoms with van der Waals surface area (Å²) in [5.74, 6) is 5.34. The van der Waals surface area contributed by atoms with Crippen LogP contribution in [0.25, 0.3) is 0 Å². The topological polar surface area (TPSA) is 26.3 Å². The van der Waals surface area contributed by atoms with E-state index in [0.717, 1.165) is 17.4 Å². The van der Waals surface area contributed by atoms with E-state index >= 15 is 0 Å². The van der Waals surface area contributed by atoms with Gasteiger partial charge in [0.15, 0.2) is 0 Å². The second-order valence-corrected chi connectivity index (χ2v) is 5.99. The van der Waals surface area contributed by atoms with Gasteiger partial charge in [0.25, 0.3) is 0 Å². The summed E-state index contributed by atoms with van der Waals surface area (Å²) in [4.78, 5) is 11.6. The number of carbonyl (C=O) groups excluding carboxylic acids is 1. The Kier molecular flexibility index (Phi) is 2.31. The Morgan fingerprint density at radius 2 is 2.07 bits per heavy atom. The van der Waals surface area contributed by atoms with Crippen molar-refractivity contribution in [1.29, 1.82) is 0 Å². The minimum atomic E-state index is -0.0878. The highest BCUT2D eigenvalue weighted by molar-refractivity contribution is 7.99. The normalized spacial score (nSPS) is 42.3. The van der Waals surface area contributed by atoms with Crippen LogP contribution in [0.1, 0.15) is 12.8 Å². The van der Waals surface area contributed by atoms with Gasteiger partial charge in [-0.15, -0.1) is 0 Å². The molecule has 0 aromatic carbocycles. The van der Waals surface area contributed by atoms with Crippen molar-refractivity contribution < 1.29 is 9.53 Å². The third-order valence-electron chi connectivity index (χ3n) is 4.16. The molecule has 2 nitrogen and oxygen atoms in total. The zero-order chi connectivity index (χ0) is 10.4. The summed E-state index contributed by atoms with van der Waals surface area (Å²) in [6.07, 6.45) is 4.67. The molecule has 0 radical (unpaired) electrons. The van der Waals surface area contributed by atoms with Crippen LogP contribution in [0.3, 0.4) is 0 Å². The average Bonchev–Trinajstić information content (AvgIpc) is 2.27. The van der Waals surface area contributed by atoms with Gasteiger partial charge in [0.2, 0.25) is 0 Å². The van der Waals surface area contributed by atoms with Gasteiger partial charge in [-0.25, -0.2) is 4.79 Å². The summed E-state index contributed by atoms with van der Waals surface area (Å²) in [5.41, 5.74) is 0.974. The van der Waals surface area contributed by atoms with E-state index in [4.69, 9.17) is 4.74 Å². The van der Waals surface area contributed by atoms with Crippen LogP contribution in [0.15, 0.2) is 11.6 Å². The molecule has 1 heterocycles. The molecule has 3 aliphatic carbocycles. The SMILES string of the molecule is COC(=O)C1=CC2[C@@H]3CSC[C@H]2CC1C3. The molecule has 82 valence electrons. The standard InChI is InChI=1S/C12H16O2S/c1-14-12(13)11-4-10-8-2-7(11)3-9(10)6-15-5-8/h4,7-10H,2-3,5-6H2,1H3/t7?,8-,9+,10?. The van der Waals surface area contributed by atoms with Gasteiger partial charge in [0.05, 0.1) is 7.11 Å². The van der Waals surface area contributed by atoms with Gasteiger partial charge < -0.3 is 4.74 Å². The van der Waals surface area contributed by atoms with Crippen LogP contribution in [0.2, 0.25) is 0 Å². The van der Waals surface area contributed by atoms with E-state index in [1.54, 1.807) is 0 Å². The number of allylic oxidation sites excluding steroid dienone is 1. The van der Waals surface area contributed by atoms with Gasteiger partial charge in [-0.2, -0.15) is 11.8 Å². The maximum Gasteiger partial charge on any atom is 0.333 e. The minimum absolute atomic E-state index is 0.0878. The van der Waals surface area contributed by atoms with Gasteiger partial charge in [0.1, 0.15) is 0 Å². The molecule has 4 bridgehead atoms. The van der Waals surface area contributed by atoms with Gasteiger partial charge in [-0.3, -0.25) is 0 Å². The highest BCUT2D eigenvalue weighted by Crippen LogP contribution is 2.52. The summed E-state index contributed by atoms with van der Waals surface area (Å²) >= 11 is 2.10. The van der Waals surface area contributed by atoms with Crippen molar-refractivity contribution in [2.75, 3.05) is 18.6 Å². The predicted octanol–water partition coefficient (Wildman–Crippen LogP) is 2.10. The first-order valence-electron chi connectivity index (χ1n) is 5.67. The summed E-state index contributed by atoms with van der Waals surface area (Å²) in [7, 11) is 1.49. The van der Waals surface area contributed by atoms with Crippen molar-refractivity contribution in [3.8, 4) is 0 Å². The zero-order valence-corrected chi connectivity index (χ0v) is 9.76. The Bertz CT molecular complexity index is 310. The fourth-order valence-electron chi connectivity index (χ4n) is 3.48. The number of hydrogen-bond donors (Lipinski definition) is 0. The number of carbonyl (C=O) groups is 1. The molecule has 0 amide bonds. The maximum atomic E-state index is 11.6. The maximum absolute atomic E-state index is 11.6. The van der Waals surface area contributed by atoms with Crippen LogP contribution in [-0.4, -0.2) is 24.6 Å². The van der Waals surface area contributed by atoms with Crippen molar-refractivity contribution in [3.05, 3.63) is 11.6 Å². The fraction of sp³-hybridized carbons (Fsp3) is 0.750. The molecular formula is C12H16O2S. The second-order valence-electron chi connectivity index (χ2n) is 4.92. The molecular weight excluding hydrogens is 208 g/mol. The fourth-order valence-corrected chi connectivity index (χ4v) is 4.94. The molecule has 0 N–H and O–H groups in total. The molecule has 2 unspecified atom stereocenters. The van der Waals surface area contributed by atoms with E-state index in [1.165, 1.54) is 31.5 Å². The number of methoxy groups -OCH3 is 1. The molecule has 1 aliphatic heterocycles. The zero-order valence-electron chi connectivity index (χ0n) is 8.94. The van der Waals surface area contributed by atoms with Crippen molar-refractivity contribution >= 4 is 17.7 Å². The van der Waals surface area contributed by atoms with Crippen molar-refractivity contribution in [3.63, 3.8) is 0 Å². The van der Waals surface area contributed by atoms with Crippen LogP contribution in [0.4, 0.5) is 0 Å². The van der Waals surface area contributed by atoms with Crippen LogP contribution >= 0.6 is 11.8 Å². The van der Waals surface area contributed by atoms with Gasteiger partial charge in [-0.1, -0.05) is 6.08 Å². The summed E-state index contributed by atoms with van der Waals surface area (Å²) in [5, 5.41) is 0. The first kappa shape index (κ1) is 9.76.